The van der Waals surface area contributed by atoms with E-state index >= 15 is 0 Å². The number of carbonyl (C=O) groups is 1. The zero-order chi connectivity index (χ0) is 14.7. The van der Waals surface area contributed by atoms with E-state index < -0.39 is 0 Å². The molecule has 0 fully saturated rings. The molecule has 3 N–H and O–H groups in total. The van der Waals surface area contributed by atoms with Crippen LogP contribution in [0.2, 0.25) is 0 Å². The molecule has 20 heavy (non-hydrogen) atoms. The fourth-order valence-electron chi connectivity index (χ4n) is 1.79. The molecule has 1 amide bonds. The Labute approximate surface area is 116 Å². The van der Waals surface area contributed by atoms with Gasteiger partial charge < -0.3 is 20.5 Å². The predicted molar refractivity (Wildman–Crippen MR) is 75.1 cm³/mol. The van der Waals surface area contributed by atoms with Crippen LogP contribution in [0.5, 0.6) is 11.5 Å². The summed E-state index contributed by atoms with van der Waals surface area (Å²) in [6.07, 6.45) is 1.57. The number of methoxy groups -OCH3 is 2. The molecule has 0 radical (unpaired) electrons. The second-order valence-electron chi connectivity index (χ2n) is 4.13. The van der Waals surface area contributed by atoms with Crippen molar-refractivity contribution >= 4 is 17.3 Å². The molecule has 2 rings (SSSR count). The van der Waals surface area contributed by atoms with E-state index in [-0.39, 0.29) is 11.6 Å². The second kappa shape index (κ2) is 5.52. The van der Waals surface area contributed by atoms with Crippen molar-refractivity contribution in [2.24, 2.45) is 7.05 Å². The average Bonchev–Trinajstić information content (AvgIpc) is 2.77. The summed E-state index contributed by atoms with van der Waals surface area (Å²) in [5.41, 5.74) is 6.78. The standard InChI is InChI=1S/C13H16N4O3/c1-17-7-9(14)12(16-17)13(18)15-8-4-5-10(19-2)11(6-8)20-3/h4-7H,14H2,1-3H3,(H,15,18). The third kappa shape index (κ3) is 2.66. The lowest BCUT2D eigenvalue weighted by atomic mass is 10.2. The number of hydrogen-bond acceptors (Lipinski definition) is 5. The molecule has 7 nitrogen and oxygen atoms in total. The van der Waals surface area contributed by atoms with E-state index in [1.807, 2.05) is 0 Å². The topological polar surface area (TPSA) is 91.4 Å². The molecule has 7 heteroatoms. The highest BCUT2D eigenvalue weighted by Gasteiger charge is 2.15. The zero-order valence-electron chi connectivity index (χ0n) is 11.5. The van der Waals surface area contributed by atoms with Crippen LogP contribution in [-0.4, -0.2) is 29.9 Å². The van der Waals surface area contributed by atoms with Crippen molar-refractivity contribution in [3.05, 3.63) is 30.1 Å². The number of carbonyl (C=O) groups excluding carboxylic acids is 1. The number of nitrogen functional groups attached to an aromatic ring is 1. The number of ether oxygens (including phenoxy) is 2. The number of benzene rings is 1. The van der Waals surface area contributed by atoms with Crippen molar-refractivity contribution in [2.45, 2.75) is 0 Å². The van der Waals surface area contributed by atoms with Crippen molar-refractivity contribution in [3.8, 4) is 11.5 Å². The van der Waals surface area contributed by atoms with E-state index in [9.17, 15) is 4.79 Å². The zero-order valence-corrected chi connectivity index (χ0v) is 11.5. The molecule has 0 saturated carbocycles. The van der Waals surface area contributed by atoms with Gasteiger partial charge in [-0.15, -0.1) is 0 Å². The van der Waals surface area contributed by atoms with Crippen LogP contribution >= 0.6 is 0 Å². The van der Waals surface area contributed by atoms with Crippen molar-refractivity contribution in [1.82, 2.24) is 9.78 Å². The van der Waals surface area contributed by atoms with Crippen molar-refractivity contribution in [3.63, 3.8) is 0 Å². The largest absolute Gasteiger partial charge is 0.493 e. The molecule has 0 aliphatic carbocycles. The lowest BCUT2D eigenvalue weighted by Gasteiger charge is -2.10. The van der Waals surface area contributed by atoms with Gasteiger partial charge >= 0.3 is 0 Å². The summed E-state index contributed by atoms with van der Waals surface area (Å²) < 4.78 is 11.8. The Morgan fingerprint density at radius 2 is 2.00 bits per heavy atom. The Balaban J connectivity index is 2.22. The molecule has 106 valence electrons. The first-order chi connectivity index (χ1) is 9.55. The molecule has 1 aromatic carbocycles. The van der Waals surface area contributed by atoms with E-state index in [1.54, 1.807) is 38.6 Å². The van der Waals surface area contributed by atoms with Gasteiger partial charge in [0.05, 0.1) is 19.9 Å². The first kappa shape index (κ1) is 13.7. The lowest BCUT2D eigenvalue weighted by molar-refractivity contribution is 0.102. The fraction of sp³-hybridized carbons (Fsp3) is 0.231. The van der Waals surface area contributed by atoms with Gasteiger partial charge in [0.1, 0.15) is 0 Å². The summed E-state index contributed by atoms with van der Waals surface area (Å²) in [5.74, 6) is 0.734. The highest BCUT2D eigenvalue weighted by molar-refractivity contribution is 6.06. The Bertz CT molecular complexity index is 637. The third-order valence-electron chi connectivity index (χ3n) is 2.71. The van der Waals surface area contributed by atoms with Gasteiger partial charge in [-0.1, -0.05) is 0 Å². The van der Waals surface area contributed by atoms with Crippen LogP contribution in [-0.2, 0) is 7.05 Å². The molecule has 1 aromatic heterocycles. The van der Waals surface area contributed by atoms with Crippen LogP contribution < -0.4 is 20.5 Å². The summed E-state index contributed by atoms with van der Waals surface area (Å²) in [4.78, 5) is 12.1. The highest BCUT2D eigenvalue weighted by Crippen LogP contribution is 2.29. The molecular weight excluding hydrogens is 260 g/mol. The maximum atomic E-state index is 12.1. The number of nitrogens with zero attached hydrogens (tertiary/aromatic N) is 2. The molecule has 0 aliphatic heterocycles. The maximum Gasteiger partial charge on any atom is 0.278 e. The van der Waals surface area contributed by atoms with Crippen molar-refractivity contribution < 1.29 is 14.3 Å². The van der Waals surface area contributed by atoms with Gasteiger partial charge in [-0.05, 0) is 12.1 Å². The normalized spacial score (nSPS) is 10.2. The fourth-order valence-corrected chi connectivity index (χ4v) is 1.79. The predicted octanol–water partition coefficient (Wildman–Crippen LogP) is 1.27. The maximum absolute atomic E-state index is 12.1. The molecule has 0 atom stereocenters. The van der Waals surface area contributed by atoms with Gasteiger partial charge in [0.25, 0.3) is 5.91 Å². The summed E-state index contributed by atoms with van der Waals surface area (Å²) in [6.45, 7) is 0. The summed E-state index contributed by atoms with van der Waals surface area (Å²) in [6, 6.07) is 5.07. The van der Waals surface area contributed by atoms with Crippen molar-refractivity contribution in [1.29, 1.82) is 0 Å². The second-order valence-corrected chi connectivity index (χ2v) is 4.13. The molecule has 0 aliphatic rings. The lowest BCUT2D eigenvalue weighted by Crippen LogP contribution is -2.14. The Morgan fingerprint density at radius 3 is 2.55 bits per heavy atom. The van der Waals surface area contributed by atoms with Gasteiger partial charge in [-0.25, -0.2) is 0 Å². The number of rotatable bonds is 4. The first-order valence-corrected chi connectivity index (χ1v) is 5.87. The Hall–Kier alpha value is -2.70. The van der Waals surface area contributed by atoms with Crippen LogP contribution in [0.4, 0.5) is 11.4 Å². The van der Waals surface area contributed by atoms with Gasteiger partial charge in [0.2, 0.25) is 0 Å². The summed E-state index contributed by atoms with van der Waals surface area (Å²) in [5, 5.41) is 6.71. The monoisotopic (exact) mass is 276 g/mol. The molecule has 0 spiro atoms. The number of aromatic nitrogens is 2. The first-order valence-electron chi connectivity index (χ1n) is 5.87. The molecule has 0 saturated heterocycles. The van der Waals surface area contributed by atoms with Crippen LogP contribution in [0.1, 0.15) is 10.5 Å². The molecular formula is C13H16N4O3. The van der Waals surface area contributed by atoms with Gasteiger partial charge in [0, 0.05) is 25.0 Å². The van der Waals surface area contributed by atoms with Gasteiger partial charge in [-0.3, -0.25) is 9.48 Å². The minimum atomic E-state index is -0.379. The van der Waals surface area contributed by atoms with E-state index in [4.69, 9.17) is 15.2 Å². The Kier molecular flexibility index (Phi) is 3.79. The SMILES string of the molecule is COc1ccc(NC(=O)c2nn(C)cc2N)cc1OC. The van der Waals surface area contributed by atoms with Gasteiger partial charge in [0.15, 0.2) is 17.2 Å². The molecule has 2 aromatic rings. The van der Waals surface area contributed by atoms with Crippen LogP contribution in [0.3, 0.4) is 0 Å². The van der Waals surface area contributed by atoms with E-state index in [0.717, 1.165) is 0 Å². The summed E-state index contributed by atoms with van der Waals surface area (Å²) >= 11 is 0. The van der Waals surface area contributed by atoms with Crippen molar-refractivity contribution in [2.75, 3.05) is 25.3 Å². The summed E-state index contributed by atoms with van der Waals surface area (Å²) in [7, 11) is 4.77. The average molecular weight is 276 g/mol. The van der Waals surface area contributed by atoms with E-state index in [0.29, 0.717) is 22.9 Å². The number of anilines is 2. The quantitative estimate of drug-likeness (QED) is 0.877. The number of nitrogens with one attached hydrogen (secondary N) is 1. The minimum absolute atomic E-state index is 0.183. The molecule has 0 bridgehead atoms. The molecule has 0 unspecified atom stereocenters. The number of amides is 1. The van der Waals surface area contributed by atoms with Crippen LogP contribution in [0.15, 0.2) is 24.4 Å². The number of aryl methyl sites for hydroxylation is 1. The minimum Gasteiger partial charge on any atom is -0.493 e. The van der Waals surface area contributed by atoms with E-state index in [2.05, 4.69) is 10.4 Å². The van der Waals surface area contributed by atoms with Crippen LogP contribution in [0, 0.1) is 0 Å². The highest BCUT2D eigenvalue weighted by atomic mass is 16.5. The molecule has 1 heterocycles. The van der Waals surface area contributed by atoms with E-state index in [1.165, 1.54) is 11.8 Å². The number of hydrogen-bond donors (Lipinski definition) is 2. The van der Waals surface area contributed by atoms with Crippen LogP contribution in [0.25, 0.3) is 0 Å². The third-order valence-corrected chi connectivity index (χ3v) is 2.71. The Morgan fingerprint density at radius 1 is 1.30 bits per heavy atom. The smallest absolute Gasteiger partial charge is 0.278 e. The number of nitrogens with two attached hydrogens (primary N) is 1. The van der Waals surface area contributed by atoms with Gasteiger partial charge in [-0.2, -0.15) is 5.10 Å².